The highest BCUT2D eigenvalue weighted by Gasteiger charge is 2.24. The number of hydroxylamine groups is 1. The average Bonchev–Trinajstić information content (AvgIpc) is 2.53. The first-order valence-electron chi connectivity index (χ1n) is 7.26. The highest BCUT2D eigenvalue weighted by atomic mass is 35.5. The van der Waals surface area contributed by atoms with E-state index in [0.29, 0.717) is 10.7 Å². The minimum absolute atomic E-state index is 0.274. The molecule has 0 radical (unpaired) electrons. The van der Waals surface area contributed by atoms with Crippen LogP contribution in [0.2, 0.25) is 5.02 Å². The van der Waals surface area contributed by atoms with E-state index < -0.39 is 12.2 Å². The Hall–Kier alpha value is -2.73. The summed E-state index contributed by atoms with van der Waals surface area (Å²) in [6.07, 6.45) is -2.03. The Kier molecular flexibility index (Phi) is 6.03. The van der Waals surface area contributed by atoms with Gasteiger partial charge in [0.15, 0.2) is 0 Å². The lowest BCUT2D eigenvalue weighted by Crippen LogP contribution is -2.37. The SMILES string of the molecule is CC(C)OC(=O)N(OC(=O)Nc1ccccc1)c1cccc(Cl)c1. The lowest BCUT2D eigenvalue weighted by Gasteiger charge is -2.22. The van der Waals surface area contributed by atoms with E-state index in [4.69, 9.17) is 21.2 Å². The molecular weight excluding hydrogens is 332 g/mol. The molecule has 0 aromatic heterocycles. The van der Waals surface area contributed by atoms with E-state index in [2.05, 4.69) is 5.32 Å². The van der Waals surface area contributed by atoms with Crippen molar-refractivity contribution in [2.45, 2.75) is 20.0 Å². The maximum atomic E-state index is 12.2. The van der Waals surface area contributed by atoms with Crippen LogP contribution in [0.15, 0.2) is 54.6 Å². The largest absolute Gasteiger partial charge is 0.448 e. The Balaban J connectivity index is 2.16. The van der Waals surface area contributed by atoms with Gasteiger partial charge in [-0.1, -0.05) is 35.9 Å². The van der Waals surface area contributed by atoms with Crippen LogP contribution < -0.4 is 10.4 Å². The fourth-order valence-corrected chi connectivity index (χ4v) is 1.98. The van der Waals surface area contributed by atoms with Gasteiger partial charge in [-0.3, -0.25) is 5.32 Å². The molecule has 7 heteroatoms. The number of ether oxygens (including phenoxy) is 1. The van der Waals surface area contributed by atoms with E-state index in [0.717, 1.165) is 5.06 Å². The zero-order valence-corrected chi connectivity index (χ0v) is 14.0. The molecule has 6 nitrogen and oxygen atoms in total. The van der Waals surface area contributed by atoms with Gasteiger partial charge in [0.25, 0.3) is 0 Å². The fraction of sp³-hybridized carbons (Fsp3) is 0.176. The summed E-state index contributed by atoms with van der Waals surface area (Å²) in [4.78, 5) is 29.4. The van der Waals surface area contributed by atoms with E-state index in [9.17, 15) is 9.59 Å². The monoisotopic (exact) mass is 348 g/mol. The number of benzene rings is 2. The van der Waals surface area contributed by atoms with Crippen molar-refractivity contribution in [2.75, 3.05) is 10.4 Å². The summed E-state index contributed by atoms with van der Waals surface area (Å²) in [5, 5.41) is 3.67. The lowest BCUT2D eigenvalue weighted by atomic mass is 10.3. The fourth-order valence-electron chi connectivity index (χ4n) is 1.79. The van der Waals surface area contributed by atoms with Crippen LogP contribution in [0.1, 0.15) is 13.8 Å². The van der Waals surface area contributed by atoms with Crippen molar-refractivity contribution < 1.29 is 19.2 Å². The van der Waals surface area contributed by atoms with Crippen LogP contribution in [0.3, 0.4) is 0 Å². The Morgan fingerprint density at radius 2 is 1.79 bits per heavy atom. The molecule has 24 heavy (non-hydrogen) atoms. The molecule has 0 aliphatic carbocycles. The molecule has 0 aliphatic heterocycles. The Morgan fingerprint density at radius 1 is 1.08 bits per heavy atom. The smallest absolute Gasteiger partial charge is 0.444 e. The summed E-state index contributed by atoms with van der Waals surface area (Å²) in [5.74, 6) is 0. The van der Waals surface area contributed by atoms with Crippen LogP contribution in [0.4, 0.5) is 21.0 Å². The quantitative estimate of drug-likeness (QED) is 0.805. The number of hydrogen-bond acceptors (Lipinski definition) is 4. The zero-order valence-electron chi connectivity index (χ0n) is 13.2. The number of carbonyl (C=O) groups excluding carboxylic acids is 2. The molecule has 0 heterocycles. The third-order valence-corrected chi connectivity index (χ3v) is 2.97. The minimum atomic E-state index is -0.832. The second-order valence-electron chi connectivity index (χ2n) is 5.08. The standard InChI is InChI=1S/C17H17ClN2O4/c1-12(2)23-17(22)20(15-10-6-7-13(18)11-15)24-16(21)19-14-8-4-3-5-9-14/h3-12H,1-2H3,(H,19,21). The van der Waals surface area contributed by atoms with Gasteiger partial charge in [0, 0.05) is 10.7 Å². The van der Waals surface area contributed by atoms with E-state index in [1.54, 1.807) is 56.3 Å². The highest BCUT2D eigenvalue weighted by Crippen LogP contribution is 2.21. The van der Waals surface area contributed by atoms with Gasteiger partial charge in [-0.05, 0) is 44.2 Å². The summed E-state index contributed by atoms with van der Waals surface area (Å²) in [7, 11) is 0. The van der Waals surface area contributed by atoms with Crippen molar-refractivity contribution >= 4 is 35.2 Å². The number of halogens is 1. The van der Waals surface area contributed by atoms with Crippen LogP contribution in [0.25, 0.3) is 0 Å². The van der Waals surface area contributed by atoms with Gasteiger partial charge in [-0.15, -0.1) is 5.06 Å². The predicted octanol–water partition coefficient (Wildman–Crippen LogP) is 4.86. The van der Waals surface area contributed by atoms with Gasteiger partial charge < -0.3 is 9.57 Å². The zero-order chi connectivity index (χ0) is 17.5. The summed E-state index contributed by atoms with van der Waals surface area (Å²) in [5.41, 5.74) is 0.808. The number of nitrogens with one attached hydrogen (secondary N) is 1. The maximum Gasteiger partial charge on any atom is 0.448 e. The second-order valence-corrected chi connectivity index (χ2v) is 5.51. The molecule has 2 rings (SSSR count). The van der Waals surface area contributed by atoms with Gasteiger partial charge in [0.2, 0.25) is 0 Å². The van der Waals surface area contributed by atoms with Crippen molar-refractivity contribution in [3.8, 4) is 0 Å². The molecule has 0 spiro atoms. The molecular formula is C17H17ClN2O4. The molecule has 2 amide bonds. The molecule has 1 N–H and O–H groups in total. The topological polar surface area (TPSA) is 67.9 Å². The molecule has 126 valence electrons. The Morgan fingerprint density at radius 3 is 2.42 bits per heavy atom. The van der Waals surface area contributed by atoms with Gasteiger partial charge >= 0.3 is 12.2 Å². The first-order chi connectivity index (χ1) is 11.5. The van der Waals surface area contributed by atoms with Crippen molar-refractivity contribution in [3.05, 3.63) is 59.6 Å². The molecule has 0 atom stereocenters. The van der Waals surface area contributed by atoms with Crippen molar-refractivity contribution in [3.63, 3.8) is 0 Å². The molecule has 0 unspecified atom stereocenters. The van der Waals surface area contributed by atoms with E-state index in [1.165, 1.54) is 6.07 Å². The summed E-state index contributed by atoms with van der Waals surface area (Å²) >= 11 is 5.93. The number of hydrogen-bond donors (Lipinski definition) is 1. The molecule has 2 aromatic rings. The summed E-state index contributed by atoms with van der Waals surface area (Å²) < 4.78 is 5.10. The third-order valence-electron chi connectivity index (χ3n) is 2.74. The number of anilines is 2. The van der Waals surface area contributed by atoms with Crippen molar-refractivity contribution in [2.24, 2.45) is 0 Å². The number of nitrogens with zero attached hydrogens (tertiary/aromatic N) is 1. The van der Waals surface area contributed by atoms with Crippen molar-refractivity contribution in [1.29, 1.82) is 0 Å². The van der Waals surface area contributed by atoms with Crippen LogP contribution in [0.5, 0.6) is 0 Å². The third kappa shape index (κ3) is 5.17. The average molecular weight is 349 g/mol. The Labute approximate surface area is 144 Å². The van der Waals surface area contributed by atoms with Crippen LogP contribution >= 0.6 is 11.6 Å². The Bertz CT molecular complexity index is 707. The summed E-state index contributed by atoms with van der Waals surface area (Å²) in [6, 6.07) is 15.0. The van der Waals surface area contributed by atoms with Crippen LogP contribution in [-0.4, -0.2) is 18.3 Å². The lowest BCUT2D eigenvalue weighted by molar-refractivity contribution is 0.0842. The van der Waals surface area contributed by atoms with E-state index in [-0.39, 0.29) is 11.8 Å². The van der Waals surface area contributed by atoms with Gasteiger partial charge in [0.05, 0.1) is 11.8 Å². The molecule has 0 bridgehead atoms. The minimum Gasteiger partial charge on any atom is -0.444 e. The van der Waals surface area contributed by atoms with Gasteiger partial charge in [0.1, 0.15) is 0 Å². The first-order valence-corrected chi connectivity index (χ1v) is 7.64. The molecule has 0 fully saturated rings. The van der Waals surface area contributed by atoms with Gasteiger partial charge in [-0.2, -0.15) is 0 Å². The van der Waals surface area contributed by atoms with Crippen molar-refractivity contribution in [1.82, 2.24) is 0 Å². The van der Waals surface area contributed by atoms with Crippen LogP contribution in [0, 0.1) is 0 Å². The van der Waals surface area contributed by atoms with Crippen LogP contribution in [-0.2, 0) is 9.57 Å². The molecule has 0 saturated carbocycles. The maximum absolute atomic E-state index is 12.2. The normalized spacial score (nSPS) is 10.2. The number of para-hydroxylation sites is 1. The molecule has 2 aromatic carbocycles. The number of rotatable bonds is 3. The summed E-state index contributed by atoms with van der Waals surface area (Å²) in [6.45, 7) is 3.39. The molecule has 0 aliphatic rings. The van der Waals surface area contributed by atoms with E-state index in [1.807, 2.05) is 6.07 Å². The highest BCUT2D eigenvalue weighted by molar-refractivity contribution is 6.30. The van der Waals surface area contributed by atoms with Gasteiger partial charge in [-0.25, -0.2) is 9.59 Å². The van der Waals surface area contributed by atoms with E-state index >= 15 is 0 Å². The number of amides is 2. The predicted molar refractivity (Wildman–Crippen MR) is 92.1 cm³/mol. The second kappa shape index (κ2) is 8.21. The molecule has 0 saturated heterocycles. The first kappa shape index (κ1) is 17.6. The number of carbonyl (C=O) groups is 2.